The van der Waals surface area contributed by atoms with Crippen molar-refractivity contribution in [3.8, 4) is 11.5 Å². The molecule has 6 heteroatoms. The zero-order valence-electron chi connectivity index (χ0n) is 19.5. The number of anilines is 2. The summed E-state index contributed by atoms with van der Waals surface area (Å²) in [4.78, 5) is 27.2. The highest BCUT2D eigenvalue weighted by atomic mass is 16.5. The van der Waals surface area contributed by atoms with E-state index in [2.05, 4.69) is 10.6 Å². The van der Waals surface area contributed by atoms with Gasteiger partial charge in [-0.15, -0.1) is 0 Å². The van der Waals surface area contributed by atoms with Crippen LogP contribution in [0.2, 0.25) is 0 Å². The molecule has 0 spiro atoms. The number of benzene rings is 4. The fourth-order valence-electron chi connectivity index (χ4n) is 3.47. The second-order valence-electron chi connectivity index (χ2n) is 7.98. The number of hydrogen-bond donors (Lipinski definition) is 2. The number of urea groups is 1. The van der Waals surface area contributed by atoms with Crippen LogP contribution in [0.4, 0.5) is 16.2 Å². The van der Waals surface area contributed by atoms with Gasteiger partial charge >= 0.3 is 6.03 Å². The molecule has 0 aliphatic rings. The molecule has 0 aromatic heterocycles. The molecule has 0 aliphatic heterocycles. The molecule has 0 saturated carbocycles. The van der Waals surface area contributed by atoms with Crippen LogP contribution in [0.25, 0.3) is 0 Å². The van der Waals surface area contributed by atoms with E-state index in [0.29, 0.717) is 22.7 Å². The van der Waals surface area contributed by atoms with Crippen LogP contribution >= 0.6 is 0 Å². The van der Waals surface area contributed by atoms with Gasteiger partial charge in [0.15, 0.2) is 0 Å². The largest absolute Gasteiger partial charge is 0.457 e. The molecule has 2 N–H and O–H groups in total. The number of carbonyl (C=O) groups excluding carboxylic acids is 2. The van der Waals surface area contributed by atoms with Crippen molar-refractivity contribution in [3.63, 3.8) is 0 Å². The van der Waals surface area contributed by atoms with E-state index >= 15 is 0 Å². The number of amides is 3. The predicted octanol–water partition coefficient (Wildman–Crippen LogP) is 6.26. The maximum atomic E-state index is 13.2. The minimum Gasteiger partial charge on any atom is -0.457 e. The van der Waals surface area contributed by atoms with Crippen molar-refractivity contribution in [1.29, 1.82) is 0 Å². The Labute approximate surface area is 205 Å². The van der Waals surface area contributed by atoms with Gasteiger partial charge in [0, 0.05) is 30.0 Å². The molecule has 0 atom stereocenters. The third kappa shape index (κ3) is 6.71. The summed E-state index contributed by atoms with van der Waals surface area (Å²) in [5.41, 5.74) is 3.06. The monoisotopic (exact) mass is 465 g/mol. The summed E-state index contributed by atoms with van der Waals surface area (Å²) in [6, 6.07) is 33.1. The van der Waals surface area contributed by atoms with E-state index in [-0.39, 0.29) is 25.0 Å². The number of aryl methyl sites for hydroxylation is 1. The molecular formula is C29H27N3O3. The van der Waals surface area contributed by atoms with Crippen molar-refractivity contribution in [1.82, 2.24) is 5.32 Å². The second kappa shape index (κ2) is 11.5. The lowest BCUT2D eigenvalue weighted by Crippen LogP contribution is -2.41. The summed E-state index contributed by atoms with van der Waals surface area (Å²) in [5.74, 6) is 1.21. The molecule has 0 saturated heterocycles. The lowest BCUT2D eigenvalue weighted by molar-refractivity contribution is 0.0954. The zero-order valence-corrected chi connectivity index (χ0v) is 19.5. The third-order valence-corrected chi connectivity index (χ3v) is 5.33. The van der Waals surface area contributed by atoms with Crippen molar-refractivity contribution >= 4 is 23.3 Å². The van der Waals surface area contributed by atoms with E-state index in [1.165, 1.54) is 0 Å². The van der Waals surface area contributed by atoms with Gasteiger partial charge in [0.2, 0.25) is 0 Å². The lowest BCUT2D eigenvalue weighted by Gasteiger charge is -2.24. The van der Waals surface area contributed by atoms with Crippen molar-refractivity contribution in [2.75, 3.05) is 23.3 Å². The number of ether oxygens (including phenoxy) is 1. The van der Waals surface area contributed by atoms with Crippen LogP contribution in [-0.4, -0.2) is 25.0 Å². The van der Waals surface area contributed by atoms with Gasteiger partial charge < -0.3 is 15.4 Å². The Bertz CT molecular complexity index is 1240. The first-order valence-electron chi connectivity index (χ1n) is 11.4. The number of hydrogen-bond acceptors (Lipinski definition) is 3. The van der Waals surface area contributed by atoms with E-state index in [4.69, 9.17) is 4.74 Å². The Morgan fingerprint density at radius 3 is 2.00 bits per heavy atom. The Hall–Kier alpha value is -4.58. The van der Waals surface area contributed by atoms with Gasteiger partial charge in [-0.25, -0.2) is 4.79 Å². The minimum atomic E-state index is -0.292. The highest BCUT2D eigenvalue weighted by Crippen LogP contribution is 2.25. The van der Waals surface area contributed by atoms with E-state index in [0.717, 1.165) is 11.3 Å². The Kier molecular flexibility index (Phi) is 7.76. The number of rotatable bonds is 8. The fraction of sp³-hybridized carbons (Fsp3) is 0.103. The molecule has 0 unspecified atom stereocenters. The molecule has 4 aromatic carbocycles. The molecule has 0 aliphatic carbocycles. The second-order valence-corrected chi connectivity index (χ2v) is 7.98. The number of nitrogens with one attached hydrogen (secondary N) is 2. The van der Waals surface area contributed by atoms with Gasteiger partial charge in [-0.1, -0.05) is 54.1 Å². The Balaban J connectivity index is 1.46. The predicted molar refractivity (Wildman–Crippen MR) is 139 cm³/mol. The number of nitrogens with zero attached hydrogens (tertiary/aromatic N) is 1. The van der Waals surface area contributed by atoms with E-state index in [9.17, 15) is 9.59 Å². The van der Waals surface area contributed by atoms with Crippen molar-refractivity contribution < 1.29 is 14.3 Å². The quantitative estimate of drug-likeness (QED) is 0.323. The van der Waals surface area contributed by atoms with Crippen LogP contribution in [0.15, 0.2) is 109 Å². The first-order chi connectivity index (χ1) is 17.1. The molecule has 0 heterocycles. The summed E-state index contributed by atoms with van der Waals surface area (Å²) in [6.45, 7) is 2.57. The molecule has 176 valence electrons. The van der Waals surface area contributed by atoms with Crippen molar-refractivity contribution in [3.05, 3.63) is 120 Å². The maximum Gasteiger partial charge on any atom is 0.326 e. The summed E-state index contributed by atoms with van der Waals surface area (Å²) in [7, 11) is 0. The Morgan fingerprint density at radius 1 is 0.743 bits per heavy atom. The highest BCUT2D eigenvalue weighted by molar-refractivity contribution is 6.02. The smallest absolute Gasteiger partial charge is 0.326 e. The van der Waals surface area contributed by atoms with Gasteiger partial charge in [-0.2, -0.15) is 0 Å². The van der Waals surface area contributed by atoms with Crippen LogP contribution in [0, 0.1) is 6.92 Å². The van der Waals surface area contributed by atoms with Gasteiger partial charge in [-0.05, 0) is 67.6 Å². The topological polar surface area (TPSA) is 70.7 Å². The van der Waals surface area contributed by atoms with Crippen LogP contribution in [0.3, 0.4) is 0 Å². The first kappa shape index (κ1) is 23.6. The molecule has 4 aromatic rings. The first-order valence-corrected chi connectivity index (χ1v) is 11.4. The molecule has 3 amide bonds. The Morgan fingerprint density at radius 2 is 1.34 bits per heavy atom. The summed E-state index contributed by atoms with van der Waals surface area (Å²) in [5, 5.41) is 5.82. The van der Waals surface area contributed by atoms with Crippen LogP contribution < -0.4 is 20.3 Å². The lowest BCUT2D eigenvalue weighted by atomic mass is 10.2. The average Bonchev–Trinajstić information content (AvgIpc) is 2.89. The van der Waals surface area contributed by atoms with Gasteiger partial charge in [0.1, 0.15) is 11.5 Å². The van der Waals surface area contributed by atoms with Crippen molar-refractivity contribution in [2.24, 2.45) is 0 Å². The van der Waals surface area contributed by atoms with Gasteiger partial charge in [-0.3, -0.25) is 9.69 Å². The minimum absolute atomic E-state index is 0.184. The molecule has 4 rings (SSSR count). The van der Waals surface area contributed by atoms with Crippen LogP contribution in [-0.2, 0) is 0 Å². The maximum absolute atomic E-state index is 13.2. The SMILES string of the molecule is Cc1ccc(NC(=O)N(CCNC(=O)c2ccccc2)c2ccc(Oc3ccccc3)cc2)cc1. The van der Waals surface area contributed by atoms with Gasteiger partial charge in [0.25, 0.3) is 5.91 Å². The summed E-state index contributed by atoms with van der Waals surface area (Å²) < 4.78 is 5.87. The standard InChI is InChI=1S/C29H27N3O3/c1-22-12-14-24(15-13-22)31-29(34)32(21-20-30-28(33)23-8-4-2-5-9-23)25-16-18-27(19-17-25)35-26-10-6-3-7-11-26/h2-19H,20-21H2,1H3,(H,30,33)(H,31,34). The molecule has 0 fully saturated rings. The van der Waals surface area contributed by atoms with Gasteiger partial charge in [0.05, 0.1) is 0 Å². The molecule has 0 bridgehead atoms. The van der Waals surface area contributed by atoms with E-state index in [1.807, 2.05) is 104 Å². The molecule has 6 nitrogen and oxygen atoms in total. The van der Waals surface area contributed by atoms with Crippen LogP contribution in [0.1, 0.15) is 15.9 Å². The van der Waals surface area contributed by atoms with E-state index < -0.39 is 0 Å². The highest BCUT2D eigenvalue weighted by Gasteiger charge is 2.17. The molecule has 0 radical (unpaired) electrons. The van der Waals surface area contributed by atoms with Crippen molar-refractivity contribution in [2.45, 2.75) is 6.92 Å². The number of carbonyl (C=O) groups is 2. The van der Waals surface area contributed by atoms with Crippen LogP contribution in [0.5, 0.6) is 11.5 Å². The van der Waals surface area contributed by atoms with E-state index in [1.54, 1.807) is 17.0 Å². The average molecular weight is 466 g/mol. The normalized spacial score (nSPS) is 10.3. The number of para-hydroxylation sites is 1. The summed E-state index contributed by atoms with van der Waals surface area (Å²) >= 11 is 0. The third-order valence-electron chi connectivity index (χ3n) is 5.33. The molecular weight excluding hydrogens is 438 g/mol. The summed E-state index contributed by atoms with van der Waals surface area (Å²) in [6.07, 6.45) is 0. The molecule has 35 heavy (non-hydrogen) atoms. The zero-order chi connectivity index (χ0) is 24.5. The fourth-order valence-corrected chi connectivity index (χ4v) is 3.47.